The number of nitrogens with zero attached hydrogens (tertiary/aromatic N) is 1. The average Bonchev–Trinajstić information content (AvgIpc) is 3.60. The summed E-state index contributed by atoms with van der Waals surface area (Å²) in [4.78, 5) is 11.6. The fourth-order valence-electron chi connectivity index (χ4n) is 4.59. The van der Waals surface area contributed by atoms with Crippen LogP contribution in [-0.2, 0) is 0 Å². The number of unbranched alkanes of at least 4 members (excludes halogenated alkanes) is 12. The van der Waals surface area contributed by atoms with E-state index in [9.17, 15) is 0 Å². The van der Waals surface area contributed by atoms with Crippen molar-refractivity contribution in [2.75, 3.05) is 6.61 Å². The van der Waals surface area contributed by atoms with E-state index in [4.69, 9.17) is 9.73 Å². The maximum atomic E-state index is 5.84. The standard InChI is InChI=1S/C30H45N3O.ClH/c1-3-5-6-7-8-9-10-11-12-13-14-15-16-18-25-20-21-26(32-25)23-29-30(34-4-2)24-28(33-29)27-19-17-22-31-27;/h17,19-24,31,33H,3-16,18H2,1-2H3;1H. The molecule has 3 heterocycles. The van der Waals surface area contributed by atoms with Gasteiger partial charge in [-0.1, -0.05) is 84.0 Å². The summed E-state index contributed by atoms with van der Waals surface area (Å²) < 4.78 is 5.84. The molecule has 0 radical (unpaired) electrons. The Bertz CT molecular complexity index is 908. The van der Waals surface area contributed by atoms with Crippen molar-refractivity contribution in [3.8, 4) is 17.1 Å². The van der Waals surface area contributed by atoms with Crippen LogP contribution in [0.25, 0.3) is 17.5 Å². The highest BCUT2D eigenvalue weighted by molar-refractivity contribution is 5.99. The molecule has 0 amide bonds. The molecular formula is C30H46ClN3O. The van der Waals surface area contributed by atoms with Gasteiger partial charge in [-0.2, -0.15) is 0 Å². The maximum Gasteiger partial charge on any atom is 0.144 e. The predicted molar refractivity (Wildman–Crippen MR) is 154 cm³/mol. The quantitative estimate of drug-likeness (QED) is 0.197. The Hall–Kier alpha value is -2.20. The van der Waals surface area contributed by atoms with Crippen molar-refractivity contribution in [3.05, 3.63) is 47.9 Å². The van der Waals surface area contributed by atoms with E-state index in [0.29, 0.717) is 6.61 Å². The molecule has 2 aromatic rings. The second-order valence-electron chi connectivity index (χ2n) is 9.48. The Morgan fingerprint density at radius 3 is 2.09 bits per heavy atom. The molecule has 0 fully saturated rings. The number of rotatable bonds is 18. The number of hydrogen-bond donors (Lipinski definition) is 2. The molecule has 4 nitrogen and oxygen atoms in total. The van der Waals surface area contributed by atoms with Gasteiger partial charge in [0.15, 0.2) is 0 Å². The second kappa shape index (κ2) is 17.3. The summed E-state index contributed by atoms with van der Waals surface area (Å²) in [6, 6.07) is 6.11. The van der Waals surface area contributed by atoms with Crippen molar-refractivity contribution in [1.82, 2.24) is 9.97 Å². The zero-order valence-corrected chi connectivity index (χ0v) is 22.7. The van der Waals surface area contributed by atoms with Gasteiger partial charge in [-0.25, -0.2) is 0 Å². The minimum atomic E-state index is 0. The molecule has 0 saturated carbocycles. The number of allylic oxidation sites excluding steroid dienone is 2. The summed E-state index contributed by atoms with van der Waals surface area (Å²) >= 11 is 0. The van der Waals surface area contributed by atoms with E-state index in [1.807, 2.05) is 19.2 Å². The lowest BCUT2D eigenvalue weighted by molar-refractivity contribution is 0.340. The molecule has 1 aliphatic rings. The van der Waals surface area contributed by atoms with Crippen LogP contribution >= 0.6 is 12.4 Å². The van der Waals surface area contributed by atoms with Gasteiger partial charge >= 0.3 is 0 Å². The zero-order chi connectivity index (χ0) is 23.8. The summed E-state index contributed by atoms with van der Waals surface area (Å²) in [6.45, 7) is 4.94. The van der Waals surface area contributed by atoms with Gasteiger partial charge < -0.3 is 14.7 Å². The third-order valence-corrected chi connectivity index (χ3v) is 6.55. The monoisotopic (exact) mass is 499 g/mol. The first-order valence-corrected chi connectivity index (χ1v) is 13.8. The summed E-state index contributed by atoms with van der Waals surface area (Å²) in [5, 5.41) is 0. The molecule has 0 saturated heterocycles. The largest absolute Gasteiger partial charge is 0.492 e. The molecule has 0 atom stereocenters. The van der Waals surface area contributed by atoms with Crippen molar-refractivity contribution in [2.45, 2.75) is 104 Å². The number of aromatic nitrogens is 2. The van der Waals surface area contributed by atoms with Gasteiger partial charge in [-0.15, -0.1) is 12.4 Å². The first kappa shape index (κ1) is 29.0. The number of aliphatic imine (C=N–C) groups is 1. The van der Waals surface area contributed by atoms with Crippen LogP contribution in [-0.4, -0.2) is 22.3 Å². The molecule has 0 aromatic carbocycles. The van der Waals surface area contributed by atoms with Crippen molar-refractivity contribution < 1.29 is 4.74 Å². The minimum Gasteiger partial charge on any atom is -0.492 e. The predicted octanol–water partition coefficient (Wildman–Crippen LogP) is 9.66. The van der Waals surface area contributed by atoms with Gasteiger partial charge in [0.2, 0.25) is 0 Å². The molecule has 194 valence electrons. The number of aromatic amines is 2. The van der Waals surface area contributed by atoms with Gasteiger partial charge in [-0.05, 0) is 50.1 Å². The highest BCUT2D eigenvalue weighted by Gasteiger charge is 2.12. The molecule has 0 spiro atoms. The van der Waals surface area contributed by atoms with Crippen LogP contribution in [0.15, 0.2) is 47.2 Å². The lowest BCUT2D eigenvalue weighted by atomic mass is 10.0. The van der Waals surface area contributed by atoms with Crippen LogP contribution < -0.4 is 4.74 Å². The summed E-state index contributed by atoms with van der Waals surface area (Å²) in [5.74, 6) is 0.869. The highest BCUT2D eigenvalue weighted by atomic mass is 35.5. The Balaban J connectivity index is 0.00000432. The molecule has 0 bridgehead atoms. The maximum absolute atomic E-state index is 5.84. The van der Waals surface area contributed by atoms with E-state index in [2.05, 4.69) is 47.3 Å². The summed E-state index contributed by atoms with van der Waals surface area (Å²) in [7, 11) is 0. The van der Waals surface area contributed by atoms with Gasteiger partial charge in [0, 0.05) is 18.0 Å². The third kappa shape index (κ3) is 10.5. The minimum absolute atomic E-state index is 0. The third-order valence-electron chi connectivity index (χ3n) is 6.55. The molecule has 0 unspecified atom stereocenters. The molecule has 3 rings (SSSR count). The van der Waals surface area contributed by atoms with Gasteiger partial charge in [0.1, 0.15) is 5.75 Å². The topological polar surface area (TPSA) is 53.2 Å². The van der Waals surface area contributed by atoms with E-state index in [1.165, 1.54) is 89.2 Å². The van der Waals surface area contributed by atoms with E-state index < -0.39 is 0 Å². The SMILES string of the molecule is CCCCCCCCCCCCCCCC1=NC(=Cc2[nH]c(-c3ccc[nH]3)cc2OCC)C=C1.Cl. The van der Waals surface area contributed by atoms with E-state index in [1.54, 1.807) is 0 Å². The van der Waals surface area contributed by atoms with Crippen LogP contribution in [0.5, 0.6) is 5.75 Å². The Morgan fingerprint density at radius 2 is 1.49 bits per heavy atom. The summed E-state index contributed by atoms with van der Waals surface area (Å²) in [5.41, 5.74) is 5.24. The normalized spacial score (nSPS) is 13.9. The van der Waals surface area contributed by atoms with Gasteiger partial charge in [0.05, 0.1) is 29.4 Å². The molecule has 1 aliphatic heterocycles. The molecule has 0 aliphatic carbocycles. The fourth-order valence-corrected chi connectivity index (χ4v) is 4.59. The Morgan fingerprint density at radius 1 is 0.829 bits per heavy atom. The van der Waals surface area contributed by atoms with E-state index in [0.717, 1.165) is 34.9 Å². The van der Waals surface area contributed by atoms with Crippen LogP contribution in [0, 0.1) is 0 Å². The number of nitrogens with one attached hydrogen (secondary N) is 2. The van der Waals surface area contributed by atoms with Crippen LogP contribution in [0.2, 0.25) is 0 Å². The molecule has 2 N–H and O–H groups in total. The first-order valence-electron chi connectivity index (χ1n) is 13.8. The number of halogens is 1. The number of ether oxygens (including phenoxy) is 1. The van der Waals surface area contributed by atoms with Crippen molar-refractivity contribution in [2.24, 2.45) is 4.99 Å². The molecule has 5 heteroatoms. The van der Waals surface area contributed by atoms with Crippen molar-refractivity contribution in [3.63, 3.8) is 0 Å². The summed E-state index contributed by atoms with van der Waals surface area (Å²) in [6.07, 6.45) is 27.4. The van der Waals surface area contributed by atoms with Gasteiger partial charge in [0.25, 0.3) is 0 Å². The second-order valence-corrected chi connectivity index (χ2v) is 9.48. The van der Waals surface area contributed by atoms with Crippen molar-refractivity contribution in [1.29, 1.82) is 0 Å². The van der Waals surface area contributed by atoms with Gasteiger partial charge in [-0.3, -0.25) is 4.99 Å². The van der Waals surface area contributed by atoms with E-state index in [-0.39, 0.29) is 12.4 Å². The molecular weight excluding hydrogens is 454 g/mol. The van der Waals surface area contributed by atoms with E-state index >= 15 is 0 Å². The first-order chi connectivity index (χ1) is 16.8. The Kier molecular flexibility index (Phi) is 14.3. The fraction of sp³-hybridized carbons (Fsp3) is 0.567. The van der Waals surface area contributed by atoms with Crippen molar-refractivity contribution >= 4 is 24.2 Å². The Labute approximate surface area is 219 Å². The average molecular weight is 500 g/mol. The number of hydrogen-bond acceptors (Lipinski definition) is 2. The molecule has 2 aromatic heterocycles. The van der Waals surface area contributed by atoms with Crippen LogP contribution in [0.1, 0.15) is 109 Å². The molecule has 35 heavy (non-hydrogen) atoms. The zero-order valence-electron chi connectivity index (χ0n) is 21.9. The van der Waals surface area contributed by atoms with Crippen LogP contribution in [0.4, 0.5) is 0 Å². The number of H-pyrrole nitrogens is 2. The lowest BCUT2D eigenvalue weighted by Gasteiger charge is -2.03. The highest BCUT2D eigenvalue weighted by Crippen LogP contribution is 2.29. The smallest absolute Gasteiger partial charge is 0.144 e. The van der Waals surface area contributed by atoms with Crippen LogP contribution in [0.3, 0.4) is 0 Å². The lowest BCUT2D eigenvalue weighted by Crippen LogP contribution is -1.92.